The third kappa shape index (κ3) is 6.80. The molecule has 0 radical (unpaired) electrons. The van der Waals surface area contributed by atoms with Crippen molar-refractivity contribution in [1.29, 1.82) is 0 Å². The van der Waals surface area contributed by atoms with Gasteiger partial charge in [-0.25, -0.2) is 13.1 Å². The van der Waals surface area contributed by atoms with Crippen molar-refractivity contribution < 1.29 is 22.7 Å². The van der Waals surface area contributed by atoms with Crippen LogP contribution in [0.5, 0.6) is 0 Å². The molecule has 0 aliphatic heterocycles. The van der Waals surface area contributed by atoms with Gasteiger partial charge in [-0.2, -0.15) is 0 Å². The largest absolute Gasteiger partial charge is 0.457 e. The molecule has 0 unspecified atom stereocenters. The van der Waals surface area contributed by atoms with Crippen LogP contribution in [0.2, 0.25) is 0 Å². The van der Waals surface area contributed by atoms with Crippen LogP contribution in [0.1, 0.15) is 54.6 Å². The van der Waals surface area contributed by atoms with Crippen molar-refractivity contribution in [2.45, 2.75) is 44.4 Å². The Balaban J connectivity index is 1.78. The van der Waals surface area contributed by atoms with Crippen molar-refractivity contribution in [1.82, 2.24) is 4.72 Å². The average Bonchev–Trinajstić information content (AvgIpc) is 2.72. The number of rotatable bonds is 10. The molecular formula is C22H27NO5S. The Hall–Kier alpha value is -2.51. The van der Waals surface area contributed by atoms with Crippen LogP contribution in [0, 0.1) is 0 Å². The molecule has 0 heterocycles. The van der Waals surface area contributed by atoms with Gasteiger partial charge in [0.1, 0.15) is 0 Å². The first-order valence-corrected chi connectivity index (χ1v) is 11.1. The van der Waals surface area contributed by atoms with E-state index in [-0.39, 0.29) is 30.3 Å². The summed E-state index contributed by atoms with van der Waals surface area (Å²) in [6.07, 6.45) is 0.715. The van der Waals surface area contributed by atoms with E-state index in [0.717, 1.165) is 17.5 Å². The number of ketones is 1. The van der Waals surface area contributed by atoms with Gasteiger partial charge in [0, 0.05) is 12.1 Å². The molecular weight excluding hydrogens is 390 g/mol. The van der Waals surface area contributed by atoms with Gasteiger partial charge in [-0.05, 0) is 35.6 Å². The molecule has 0 saturated carbocycles. The van der Waals surface area contributed by atoms with Crippen molar-refractivity contribution in [2.24, 2.45) is 0 Å². The predicted octanol–water partition coefficient (Wildman–Crippen LogP) is 3.47. The summed E-state index contributed by atoms with van der Waals surface area (Å²) in [5.41, 5.74) is 2.63. The number of aryl methyl sites for hydroxylation is 1. The standard InChI is InChI=1S/C22H27NO5S/c1-4-17-5-7-19(8-6-17)21(24)15-28-22(25)13-14-23-29(26,27)20-11-9-18(10-12-20)16(2)3/h5-12,16,23H,4,13-15H2,1-3H3. The Morgan fingerprint density at radius 2 is 1.62 bits per heavy atom. The lowest BCUT2D eigenvalue weighted by Crippen LogP contribution is -2.27. The number of benzene rings is 2. The number of hydrogen-bond acceptors (Lipinski definition) is 5. The number of hydrogen-bond donors (Lipinski definition) is 1. The second-order valence-electron chi connectivity index (χ2n) is 7.01. The van der Waals surface area contributed by atoms with Crippen molar-refractivity contribution in [2.75, 3.05) is 13.2 Å². The van der Waals surface area contributed by atoms with Gasteiger partial charge in [-0.15, -0.1) is 0 Å². The van der Waals surface area contributed by atoms with Crippen LogP contribution in [0.3, 0.4) is 0 Å². The zero-order valence-corrected chi connectivity index (χ0v) is 17.8. The molecule has 0 fully saturated rings. The Bertz CT molecular complexity index is 932. The van der Waals surface area contributed by atoms with Crippen LogP contribution in [0.15, 0.2) is 53.4 Å². The second-order valence-corrected chi connectivity index (χ2v) is 8.77. The molecule has 156 valence electrons. The van der Waals surface area contributed by atoms with Crippen LogP contribution in [-0.2, 0) is 26.0 Å². The third-order valence-corrected chi connectivity index (χ3v) is 6.00. The summed E-state index contributed by atoms with van der Waals surface area (Å²) < 4.78 is 31.9. The quantitative estimate of drug-likeness (QED) is 0.472. The zero-order chi connectivity index (χ0) is 21.4. The van der Waals surface area contributed by atoms with E-state index >= 15 is 0 Å². The molecule has 2 rings (SSSR count). The van der Waals surface area contributed by atoms with Gasteiger partial charge in [0.25, 0.3) is 0 Å². The van der Waals surface area contributed by atoms with E-state index in [1.54, 1.807) is 36.4 Å². The molecule has 0 bridgehead atoms. The molecule has 0 spiro atoms. The molecule has 0 saturated heterocycles. The highest BCUT2D eigenvalue weighted by molar-refractivity contribution is 7.89. The summed E-state index contributed by atoms with van der Waals surface area (Å²) in [5.74, 6) is -0.630. The average molecular weight is 418 g/mol. The number of Topliss-reactive ketones (excluding diaryl/α,β-unsaturated/α-hetero) is 1. The lowest BCUT2D eigenvalue weighted by molar-refractivity contribution is -0.142. The minimum absolute atomic E-state index is 0.105. The molecule has 0 amide bonds. The summed E-state index contributed by atoms with van der Waals surface area (Å²) in [6, 6.07) is 13.7. The molecule has 0 atom stereocenters. The lowest BCUT2D eigenvalue weighted by atomic mass is 10.0. The Morgan fingerprint density at radius 1 is 1.00 bits per heavy atom. The van der Waals surface area contributed by atoms with Gasteiger partial charge >= 0.3 is 5.97 Å². The monoisotopic (exact) mass is 417 g/mol. The fourth-order valence-electron chi connectivity index (χ4n) is 2.63. The highest BCUT2D eigenvalue weighted by Gasteiger charge is 2.15. The Labute approximate surface area is 172 Å². The van der Waals surface area contributed by atoms with E-state index in [2.05, 4.69) is 4.72 Å². The van der Waals surface area contributed by atoms with Crippen molar-refractivity contribution in [3.8, 4) is 0 Å². The minimum Gasteiger partial charge on any atom is -0.457 e. The lowest BCUT2D eigenvalue weighted by Gasteiger charge is -2.09. The predicted molar refractivity (Wildman–Crippen MR) is 111 cm³/mol. The Kier molecular flexibility index (Phi) is 8.10. The van der Waals surface area contributed by atoms with Gasteiger partial charge in [0.05, 0.1) is 11.3 Å². The molecule has 2 aromatic rings. The fourth-order valence-corrected chi connectivity index (χ4v) is 3.66. The number of ether oxygens (including phenoxy) is 1. The fraction of sp³-hybridized carbons (Fsp3) is 0.364. The van der Waals surface area contributed by atoms with E-state index < -0.39 is 16.0 Å². The van der Waals surface area contributed by atoms with Crippen molar-refractivity contribution in [3.63, 3.8) is 0 Å². The first kappa shape index (κ1) is 22.8. The highest BCUT2D eigenvalue weighted by atomic mass is 32.2. The number of esters is 1. The maximum atomic E-state index is 12.3. The van der Waals surface area contributed by atoms with Gasteiger partial charge in [-0.1, -0.05) is 57.2 Å². The van der Waals surface area contributed by atoms with Crippen molar-refractivity contribution >= 4 is 21.8 Å². The normalized spacial score (nSPS) is 11.4. The van der Waals surface area contributed by atoms with E-state index in [1.165, 1.54) is 0 Å². The molecule has 29 heavy (non-hydrogen) atoms. The van der Waals surface area contributed by atoms with Crippen LogP contribution in [-0.4, -0.2) is 33.3 Å². The topological polar surface area (TPSA) is 89.5 Å². The SMILES string of the molecule is CCc1ccc(C(=O)COC(=O)CCNS(=O)(=O)c2ccc(C(C)C)cc2)cc1. The summed E-state index contributed by atoms with van der Waals surface area (Å²) in [5, 5.41) is 0. The smallest absolute Gasteiger partial charge is 0.307 e. The third-order valence-electron chi connectivity index (χ3n) is 4.53. The molecule has 7 heteroatoms. The number of carbonyl (C=O) groups is 2. The van der Waals surface area contributed by atoms with E-state index in [1.807, 2.05) is 32.9 Å². The van der Waals surface area contributed by atoms with E-state index in [0.29, 0.717) is 11.5 Å². The summed E-state index contributed by atoms with van der Waals surface area (Å²) >= 11 is 0. The number of sulfonamides is 1. The molecule has 0 aromatic heterocycles. The van der Waals surface area contributed by atoms with E-state index in [9.17, 15) is 18.0 Å². The first-order chi connectivity index (χ1) is 13.7. The molecule has 0 aliphatic rings. The maximum Gasteiger partial charge on any atom is 0.307 e. The first-order valence-electron chi connectivity index (χ1n) is 9.60. The molecule has 1 N–H and O–H groups in total. The summed E-state index contributed by atoms with van der Waals surface area (Å²) in [4.78, 5) is 24.0. The zero-order valence-electron chi connectivity index (χ0n) is 17.0. The van der Waals surface area contributed by atoms with Crippen LogP contribution in [0.25, 0.3) is 0 Å². The van der Waals surface area contributed by atoms with Crippen LogP contribution >= 0.6 is 0 Å². The van der Waals surface area contributed by atoms with Crippen molar-refractivity contribution in [3.05, 3.63) is 65.2 Å². The van der Waals surface area contributed by atoms with Gasteiger partial charge < -0.3 is 4.74 Å². The molecule has 0 aliphatic carbocycles. The highest BCUT2D eigenvalue weighted by Crippen LogP contribution is 2.17. The molecule has 2 aromatic carbocycles. The van der Waals surface area contributed by atoms with Crippen LogP contribution in [0.4, 0.5) is 0 Å². The minimum atomic E-state index is -3.70. The van der Waals surface area contributed by atoms with Gasteiger partial charge in [0.15, 0.2) is 12.4 Å². The Morgan fingerprint density at radius 3 is 2.17 bits per heavy atom. The number of nitrogens with one attached hydrogen (secondary N) is 1. The number of carbonyl (C=O) groups excluding carboxylic acids is 2. The summed E-state index contributed by atoms with van der Waals surface area (Å²) in [7, 11) is -3.70. The van der Waals surface area contributed by atoms with Gasteiger partial charge in [-0.3, -0.25) is 9.59 Å². The van der Waals surface area contributed by atoms with E-state index in [4.69, 9.17) is 4.74 Å². The van der Waals surface area contributed by atoms with Gasteiger partial charge in [0.2, 0.25) is 10.0 Å². The molecule has 6 nitrogen and oxygen atoms in total. The summed E-state index contributed by atoms with van der Waals surface area (Å²) in [6.45, 7) is 5.60. The second kappa shape index (κ2) is 10.3. The maximum absolute atomic E-state index is 12.3. The van der Waals surface area contributed by atoms with Crippen LogP contribution < -0.4 is 4.72 Å².